The van der Waals surface area contributed by atoms with Gasteiger partial charge in [0.2, 0.25) is 5.91 Å². The molecule has 0 aliphatic carbocycles. The second-order valence-electron chi connectivity index (χ2n) is 8.22. The highest BCUT2D eigenvalue weighted by molar-refractivity contribution is 5.94. The van der Waals surface area contributed by atoms with Gasteiger partial charge in [-0.2, -0.15) is 0 Å². The number of hydrogen-bond acceptors (Lipinski definition) is 3. The molecule has 1 atom stereocenters. The highest BCUT2D eigenvalue weighted by Gasteiger charge is 2.25. The Bertz CT molecular complexity index is 890. The monoisotopic (exact) mass is 408 g/mol. The average Bonchev–Trinajstić information content (AvgIpc) is 2.75. The van der Waals surface area contributed by atoms with Gasteiger partial charge in [-0.1, -0.05) is 44.2 Å². The molecule has 0 radical (unpaired) electrons. The van der Waals surface area contributed by atoms with Crippen LogP contribution < -0.4 is 20.7 Å². The van der Waals surface area contributed by atoms with Gasteiger partial charge in [0, 0.05) is 36.5 Å². The third kappa shape index (κ3) is 5.32. The summed E-state index contributed by atoms with van der Waals surface area (Å²) in [5, 5.41) is 9.70. The second kappa shape index (κ2) is 9.65. The minimum atomic E-state index is -0.119. The lowest BCUT2D eigenvalue weighted by Gasteiger charge is -2.27. The van der Waals surface area contributed by atoms with E-state index in [9.17, 15) is 4.79 Å². The summed E-state index contributed by atoms with van der Waals surface area (Å²) < 4.78 is 5.26. The number of benzene rings is 2. The number of nitrogens with one attached hydrogen (secondary N) is 3. The second-order valence-corrected chi connectivity index (χ2v) is 8.22. The molecule has 0 bridgehead atoms. The van der Waals surface area contributed by atoms with Crippen LogP contribution in [0.3, 0.4) is 0 Å². The van der Waals surface area contributed by atoms with Crippen LogP contribution in [0.2, 0.25) is 0 Å². The molecule has 3 N–H and O–H groups in total. The van der Waals surface area contributed by atoms with Gasteiger partial charge in [0.25, 0.3) is 0 Å². The summed E-state index contributed by atoms with van der Waals surface area (Å²) in [6, 6.07) is 16.1. The number of anilines is 1. The lowest BCUT2D eigenvalue weighted by Crippen LogP contribution is -2.41. The van der Waals surface area contributed by atoms with Crippen molar-refractivity contribution >= 4 is 17.6 Å². The summed E-state index contributed by atoms with van der Waals surface area (Å²) in [5.41, 5.74) is 3.16. The molecular weight excluding hydrogens is 376 g/mol. The van der Waals surface area contributed by atoms with E-state index in [2.05, 4.69) is 54.9 Å². The SMILES string of the molecule is CCNC(=NCC(C)(C)c1ccc(OC)cc1)NCC1CC(=O)Nc2ccccc21. The number of carbonyl (C=O) groups excluding carboxylic acids is 1. The number of aliphatic imine (C=N–C) groups is 1. The fraction of sp³-hybridized carbons (Fsp3) is 0.417. The number of hydrogen-bond donors (Lipinski definition) is 3. The number of rotatable bonds is 7. The Morgan fingerprint density at radius 3 is 2.60 bits per heavy atom. The summed E-state index contributed by atoms with van der Waals surface area (Å²) in [6.45, 7) is 8.48. The molecule has 1 aliphatic rings. The molecule has 6 nitrogen and oxygen atoms in total. The number of methoxy groups -OCH3 is 1. The predicted molar refractivity (Wildman–Crippen MR) is 122 cm³/mol. The first-order valence-corrected chi connectivity index (χ1v) is 10.5. The maximum atomic E-state index is 12.1. The molecule has 0 fully saturated rings. The van der Waals surface area contributed by atoms with E-state index in [1.807, 2.05) is 30.3 Å². The summed E-state index contributed by atoms with van der Waals surface area (Å²) in [5.74, 6) is 1.80. The molecular formula is C24H32N4O2. The van der Waals surface area contributed by atoms with Gasteiger partial charge < -0.3 is 20.7 Å². The number of guanidine groups is 1. The van der Waals surface area contributed by atoms with Crippen LogP contribution in [0.1, 0.15) is 44.2 Å². The van der Waals surface area contributed by atoms with E-state index in [1.54, 1.807) is 7.11 Å². The third-order valence-electron chi connectivity index (χ3n) is 5.47. The van der Waals surface area contributed by atoms with E-state index in [1.165, 1.54) is 11.1 Å². The minimum Gasteiger partial charge on any atom is -0.497 e. The van der Waals surface area contributed by atoms with Gasteiger partial charge >= 0.3 is 0 Å². The molecule has 30 heavy (non-hydrogen) atoms. The molecule has 2 aromatic carbocycles. The summed E-state index contributed by atoms with van der Waals surface area (Å²) in [4.78, 5) is 16.9. The lowest BCUT2D eigenvalue weighted by atomic mass is 9.85. The molecule has 160 valence electrons. The first-order chi connectivity index (χ1) is 14.4. The Morgan fingerprint density at radius 1 is 1.17 bits per heavy atom. The molecule has 1 amide bonds. The average molecular weight is 409 g/mol. The van der Waals surface area contributed by atoms with Gasteiger partial charge in [0.1, 0.15) is 5.75 Å². The highest BCUT2D eigenvalue weighted by atomic mass is 16.5. The van der Waals surface area contributed by atoms with E-state index in [0.29, 0.717) is 19.5 Å². The molecule has 0 spiro atoms. The normalized spacial score (nSPS) is 16.5. The van der Waals surface area contributed by atoms with Crippen molar-refractivity contribution in [2.75, 3.05) is 32.1 Å². The zero-order valence-electron chi connectivity index (χ0n) is 18.3. The van der Waals surface area contributed by atoms with Crippen molar-refractivity contribution in [3.63, 3.8) is 0 Å². The summed E-state index contributed by atoms with van der Waals surface area (Å²) in [6.07, 6.45) is 0.473. The zero-order chi connectivity index (χ0) is 21.6. The summed E-state index contributed by atoms with van der Waals surface area (Å²) >= 11 is 0. The molecule has 1 aliphatic heterocycles. The smallest absolute Gasteiger partial charge is 0.225 e. The zero-order valence-corrected chi connectivity index (χ0v) is 18.3. The van der Waals surface area contributed by atoms with Crippen LogP contribution in [0.25, 0.3) is 0 Å². The van der Waals surface area contributed by atoms with E-state index < -0.39 is 0 Å². The lowest BCUT2D eigenvalue weighted by molar-refractivity contribution is -0.116. The molecule has 2 aromatic rings. The standard InChI is InChI=1S/C24H32N4O2/c1-5-25-23(27-16-24(2,3)18-10-12-19(30-4)13-11-18)26-15-17-14-22(29)28-21-9-7-6-8-20(17)21/h6-13,17H,5,14-16H2,1-4H3,(H,28,29)(H2,25,26,27). The van der Waals surface area contributed by atoms with E-state index in [-0.39, 0.29) is 17.2 Å². The Labute approximate surface area is 179 Å². The van der Waals surface area contributed by atoms with Crippen molar-refractivity contribution in [2.45, 2.75) is 38.5 Å². The number of nitrogens with zero attached hydrogens (tertiary/aromatic N) is 1. The fourth-order valence-electron chi connectivity index (χ4n) is 3.66. The molecule has 0 saturated heterocycles. The van der Waals surface area contributed by atoms with Gasteiger partial charge in [-0.05, 0) is 36.2 Å². The van der Waals surface area contributed by atoms with Crippen molar-refractivity contribution in [1.82, 2.24) is 10.6 Å². The summed E-state index contributed by atoms with van der Waals surface area (Å²) in [7, 11) is 1.67. The highest BCUT2D eigenvalue weighted by Crippen LogP contribution is 2.31. The van der Waals surface area contributed by atoms with Crippen LogP contribution in [0.4, 0.5) is 5.69 Å². The number of fused-ring (bicyclic) bond motifs is 1. The van der Waals surface area contributed by atoms with Crippen LogP contribution in [0, 0.1) is 0 Å². The number of para-hydroxylation sites is 1. The van der Waals surface area contributed by atoms with Crippen LogP contribution in [0.5, 0.6) is 5.75 Å². The van der Waals surface area contributed by atoms with Crippen molar-refractivity contribution in [3.8, 4) is 5.75 Å². The van der Waals surface area contributed by atoms with Gasteiger partial charge in [0.15, 0.2) is 5.96 Å². The van der Waals surface area contributed by atoms with Gasteiger partial charge in [-0.3, -0.25) is 9.79 Å². The number of amides is 1. The Balaban J connectivity index is 1.68. The van der Waals surface area contributed by atoms with Crippen LogP contribution in [-0.4, -0.2) is 38.6 Å². The maximum Gasteiger partial charge on any atom is 0.225 e. The van der Waals surface area contributed by atoms with Crippen LogP contribution >= 0.6 is 0 Å². The van der Waals surface area contributed by atoms with Crippen molar-refractivity contribution in [2.24, 2.45) is 4.99 Å². The van der Waals surface area contributed by atoms with Crippen LogP contribution in [-0.2, 0) is 10.2 Å². The van der Waals surface area contributed by atoms with E-state index in [0.717, 1.165) is 23.9 Å². The van der Waals surface area contributed by atoms with E-state index >= 15 is 0 Å². The largest absolute Gasteiger partial charge is 0.497 e. The van der Waals surface area contributed by atoms with Gasteiger partial charge in [-0.25, -0.2) is 0 Å². The molecule has 3 rings (SSSR count). The Kier molecular flexibility index (Phi) is 6.98. The van der Waals surface area contributed by atoms with Crippen LogP contribution in [0.15, 0.2) is 53.5 Å². The number of carbonyl (C=O) groups is 1. The number of ether oxygens (including phenoxy) is 1. The third-order valence-corrected chi connectivity index (χ3v) is 5.47. The fourth-order valence-corrected chi connectivity index (χ4v) is 3.66. The molecule has 0 aromatic heterocycles. The molecule has 6 heteroatoms. The molecule has 0 saturated carbocycles. The quantitative estimate of drug-likeness (QED) is 0.483. The maximum absolute atomic E-state index is 12.1. The topological polar surface area (TPSA) is 74.8 Å². The Hall–Kier alpha value is -3.02. The van der Waals surface area contributed by atoms with Crippen molar-refractivity contribution in [3.05, 3.63) is 59.7 Å². The molecule has 1 heterocycles. The van der Waals surface area contributed by atoms with Gasteiger partial charge in [-0.15, -0.1) is 0 Å². The first-order valence-electron chi connectivity index (χ1n) is 10.5. The first kappa shape index (κ1) is 21.7. The van der Waals surface area contributed by atoms with Crippen molar-refractivity contribution < 1.29 is 9.53 Å². The van der Waals surface area contributed by atoms with E-state index in [4.69, 9.17) is 9.73 Å². The van der Waals surface area contributed by atoms with Crippen molar-refractivity contribution in [1.29, 1.82) is 0 Å². The molecule has 1 unspecified atom stereocenters. The Morgan fingerprint density at radius 2 is 1.90 bits per heavy atom. The predicted octanol–water partition coefficient (Wildman–Crippen LogP) is 3.65. The minimum absolute atomic E-state index is 0.0584. The van der Waals surface area contributed by atoms with Gasteiger partial charge in [0.05, 0.1) is 13.7 Å².